The van der Waals surface area contributed by atoms with E-state index in [2.05, 4.69) is 15.5 Å². The first kappa shape index (κ1) is 15.4. The van der Waals surface area contributed by atoms with Gasteiger partial charge in [0.2, 0.25) is 5.91 Å². The first-order chi connectivity index (χ1) is 10.2. The highest BCUT2D eigenvalue weighted by Gasteiger charge is 2.14. The summed E-state index contributed by atoms with van der Waals surface area (Å²) in [4.78, 5) is 11.5. The topological polar surface area (TPSA) is 77.2 Å². The van der Waals surface area contributed by atoms with Gasteiger partial charge in [-0.1, -0.05) is 30.8 Å². The molecule has 1 aromatic carbocycles. The Morgan fingerprint density at radius 3 is 2.95 bits per heavy atom. The molecule has 2 aromatic rings. The molecule has 0 aliphatic carbocycles. The summed E-state index contributed by atoms with van der Waals surface area (Å²) >= 11 is 1.21. The van der Waals surface area contributed by atoms with Crippen molar-refractivity contribution in [1.82, 2.24) is 15.5 Å². The predicted octanol–water partition coefficient (Wildman–Crippen LogP) is 2.36. The first-order valence-electron chi connectivity index (χ1n) is 6.61. The third-order valence-corrected chi connectivity index (χ3v) is 3.46. The van der Waals surface area contributed by atoms with E-state index < -0.39 is 0 Å². The van der Waals surface area contributed by atoms with E-state index >= 15 is 0 Å². The molecule has 0 unspecified atom stereocenters. The minimum atomic E-state index is -0.0427. The van der Waals surface area contributed by atoms with Gasteiger partial charge in [-0.05, 0) is 18.6 Å². The van der Waals surface area contributed by atoms with Gasteiger partial charge in [0.1, 0.15) is 5.75 Å². The Morgan fingerprint density at radius 1 is 1.38 bits per heavy atom. The van der Waals surface area contributed by atoms with Crippen LogP contribution in [0.3, 0.4) is 0 Å². The maximum absolute atomic E-state index is 11.5. The van der Waals surface area contributed by atoms with Gasteiger partial charge in [-0.3, -0.25) is 4.79 Å². The zero-order valence-corrected chi connectivity index (χ0v) is 12.8. The lowest BCUT2D eigenvalue weighted by atomic mass is 10.2. The van der Waals surface area contributed by atoms with Crippen LogP contribution < -0.4 is 10.1 Å². The highest BCUT2D eigenvalue weighted by molar-refractivity contribution is 7.99. The molecule has 1 aromatic heterocycles. The van der Waals surface area contributed by atoms with Crippen molar-refractivity contribution in [1.29, 1.82) is 0 Å². The normalized spacial score (nSPS) is 10.4. The van der Waals surface area contributed by atoms with Gasteiger partial charge in [-0.2, -0.15) is 0 Å². The van der Waals surface area contributed by atoms with Gasteiger partial charge in [0.15, 0.2) is 0 Å². The van der Waals surface area contributed by atoms with Gasteiger partial charge in [-0.15, -0.1) is 10.2 Å². The Balaban J connectivity index is 2.00. The average Bonchev–Trinajstić information content (AvgIpc) is 2.99. The molecule has 0 fully saturated rings. The van der Waals surface area contributed by atoms with Crippen molar-refractivity contribution in [3.05, 3.63) is 24.3 Å². The molecular weight excluding hydrogens is 290 g/mol. The van der Waals surface area contributed by atoms with E-state index in [1.807, 2.05) is 31.2 Å². The SMILES string of the molecule is CCCNC(=O)CSc1nnc(-c2ccccc2OC)o1. The predicted molar refractivity (Wildman–Crippen MR) is 80.3 cm³/mol. The number of nitrogens with zero attached hydrogens (tertiary/aromatic N) is 2. The molecule has 0 saturated heterocycles. The smallest absolute Gasteiger partial charge is 0.277 e. The molecule has 6 nitrogen and oxygen atoms in total. The molecule has 1 heterocycles. The summed E-state index contributed by atoms with van der Waals surface area (Å²) in [6.07, 6.45) is 0.912. The molecule has 21 heavy (non-hydrogen) atoms. The zero-order valence-electron chi connectivity index (χ0n) is 12.0. The zero-order chi connectivity index (χ0) is 15.1. The van der Waals surface area contributed by atoms with Crippen LogP contribution in [0, 0.1) is 0 Å². The van der Waals surface area contributed by atoms with Gasteiger partial charge in [0.25, 0.3) is 11.1 Å². The van der Waals surface area contributed by atoms with E-state index in [1.165, 1.54) is 11.8 Å². The third-order valence-electron chi connectivity index (χ3n) is 2.64. The Labute approximate surface area is 127 Å². The number of amides is 1. The molecular formula is C14H17N3O3S. The third kappa shape index (κ3) is 4.22. The minimum Gasteiger partial charge on any atom is -0.496 e. The second-order valence-electron chi connectivity index (χ2n) is 4.21. The van der Waals surface area contributed by atoms with Crippen LogP contribution in [0.25, 0.3) is 11.5 Å². The van der Waals surface area contributed by atoms with Crippen LogP contribution in [-0.2, 0) is 4.79 Å². The van der Waals surface area contributed by atoms with E-state index in [0.717, 1.165) is 12.0 Å². The second-order valence-corrected chi connectivity index (χ2v) is 5.14. The second kappa shape index (κ2) is 7.68. The fourth-order valence-electron chi connectivity index (χ4n) is 1.64. The first-order valence-corrected chi connectivity index (χ1v) is 7.59. The largest absolute Gasteiger partial charge is 0.496 e. The number of methoxy groups -OCH3 is 1. The van der Waals surface area contributed by atoms with Crippen molar-refractivity contribution in [2.75, 3.05) is 19.4 Å². The number of rotatable bonds is 7. The number of para-hydroxylation sites is 1. The maximum Gasteiger partial charge on any atom is 0.277 e. The molecule has 1 amide bonds. The van der Waals surface area contributed by atoms with E-state index in [4.69, 9.17) is 9.15 Å². The number of ether oxygens (including phenoxy) is 1. The molecule has 1 N–H and O–H groups in total. The number of thioether (sulfide) groups is 1. The Morgan fingerprint density at radius 2 is 2.19 bits per heavy atom. The summed E-state index contributed by atoms with van der Waals surface area (Å²) < 4.78 is 10.8. The Kier molecular flexibility index (Phi) is 5.62. The molecule has 0 aliphatic heterocycles. The van der Waals surface area contributed by atoms with Crippen molar-refractivity contribution < 1.29 is 13.9 Å². The summed E-state index contributed by atoms with van der Waals surface area (Å²) in [6.45, 7) is 2.68. The standard InChI is InChI=1S/C14H17N3O3S/c1-3-8-15-12(18)9-21-14-17-16-13(20-14)10-6-4-5-7-11(10)19-2/h4-7H,3,8-9H2,1-2H3,(H,15,18). The Bertz CT molecular complexity index is 601. The number of carbonyl (C=O) groups is 1. The van der Waals surface area contributed by atoms with Crippen molar-refractivity contribution in [2.24, 2.45) is 0 Å². The highest BCUT2D eigenvalue weighted by Crippen LogP contribution is 2.30. The summed E-state index contributed by atoms with van der Waals surface area (Å²) in [5.74, 6) is 1.26. The van der Waals surface area contributed by atoms with E-state index in [9.17, 15) is 4.79 Å². The molecule has 0 aliphatic rings. The van der Waals surface area contributed by atoms with Crippen LogP contribution in [0.2, 0.25) is 0 Å². The number of hydrogen-bond donors (Lipinski definition) is 1. The highest BCUT2D eigenvalue weighted by atomic mass is 32.2. The van der Waals surface area contributed by atoms with Crippen LogP contribution in [-0.4, -0.2) is 35.5 Å². The van der Waals surface area contributed by atoms with Crippen LogP contribution in [0.4, 0.5) is 0 Å². The van der Waals surface area contributed by atoms with Gasteiger partial charge >= 0.3 is 0 Å². The summed E-state index contributed by atoms with van der Waals surface area (Å²) in [6, 6.07) is 7.40. The quantitative estimate of drug-likeness (QED) is 0.791. The molecule has 0 bridgehead atoms. The average molecular weight is 307 g/mol. The molecule has 0 radical (unpaired) electrons. The molecule has 0 saturated carbocycles. The summed E-state index contributed by atoms with van der Waals surface area (Å²) in [7, 11) is 1.59. The summed E-state index contributed by atoms with van der Waals surface area (Å²) in [5.41, 5.74) is 0.731. The van der Waals surface area contributed by atoms with Crippen LogP contribution in [0.1, 0.15) is 13.3 Å². The van der Waals surface area contributed by atoms with Crippen LogP contribution in [0.15, 0.2) is 33.9 Å². The fraction of sp³-hybridized carbons (Fsp3) is 0.357. The van der Waals surface area contributed by atoms with Gasteiger partial charge in [0, 0.05) is 6.54 Å². The van der Waals surface area contributed by atoms with Gasteiger partial charge < -0.3 is 14.5 Å². The van der Waals surface area contributed by atoms with Crippen molar-refractivity contribution in [3.63, 3.8) is 0 Å². The number of aromatic nitrogens is 2. The lowest BCUT2D eigenvalue weighted by Crippen LogP contribution is -2.25. The lowest BCUT2D eigenvalue weighted by Gasteiger charge is -2.03. The molecule has 0 spiro atoms. The van der Waals surface area contributed by atoms with E-state index in [1.54, 1.807) is 7.11 Å². The number of carbonyl (C=O) groups excluding carboxylic acids is 1. The van der Waals surface area contributed by atoms with Crippen LogP contribution in [0.5, 0.6) is 5.75 Å². The van der Waals surface area contributed by atoms with Crippen molar-refractivity contribution >= 4 is 17.7 Å². The van der Waals surface area contributed by atoms with Crippen molar-refractivity contribution in [3.8, 4) is 17.2 Å². The van der Waals surface area contributed by atoms with Gasteiger partial charge in [0.05, 0.1) is 18.4 Å². The molecule has 112 valence electrons. The minimum absolute atomic E-state index is 0.0427. The molecule has 7 heteroatoms. The molecule has 2 rings (SSSR count). The number of benzene rings is 1. The fourth-order valence-corrected chi connectivity index (χ4v) is 2.23. The Hall–Kier alpha value is -2.02. The lowest BCUT2D eigenvalue weighted by molar-refractivity contribution is -0.118. The van der Waals surface area contributed by atoms with Crippen molar-refractivity contribution in [2.45, 2.75) is 18.6 Å². The van der Waals surface area contributed by atoms with E-state index in [0.29, 0.717) is 23.4 Å². The summed E-state index contributed by atoms with van der Waals surface area (Å²) in [5, 5.41) is 11.1. The maximum atomic E-state index is 11.5. The monoisotopic (exact) mass is 307 g/mol. The van der Waals surface area contributed by atoms with Crippen LogP contribution >= 0.6 is 11.8 Å². The van der Waals surface area contributed by atoms with E-state index in [-0.39, 0.29) is 11.7 Å². The van der Waals surface area contributed by atoms with Gasteiger partial charge in [-0.25, -0.2) is 0 Å². The molecule has 0 atom stereocenters. The number of hydrogen-bond acceptors (Lipinski definition) is 6. The number of nitrogens with one attached hydrogen (secondary N) is 1.